The van der Waals surface area contributed by atoms with Crippen LogP contribution in [0.5, 0.6) is 0 Å². The van der Waals surface area contributed by atoms with E-state index in [2.05, 4.69) is 22.5 Å². The number of aliphatic hydroxyl groups is 1. The Bertz CT molecular complexity index is 1090. The summed E-state index contributed by atoms with van der Waals surface area (Å²) in [6, 6.07) is 6.35. The summed E-state index contributed by atoms with van der Waals surface area (Å²) in [6.45, 7) is 9.47. The number of hydrogen-bond acceptors (Lipinski definition) is 6. The van der Waals surface area contributed by atoms with Crippen LogP contribution in [0.25, 0.3) is 17.2 Å². The zero-order chi connectivity index (χ0) is 22.8. The lowest BCUT2D eigenvalue weighted by Gasteiger charge is -2.41. The lowest BCUT2D eigenvalue weighted by molar-refractivity contribution is -0.134. The van der Waals surface area contributed by atoms with Gasteiger partial charge in [-0.3, -0.25) is 9.78 Å². The van der Waals surface area contributed by atoms with E-state index < -0.39 is 0 Å². The third-order valence-corrected chi connectivity index (χ3v) is 6.38. The summed E-state index contributed by atoms with van der Waals surface area (Å²) in [6.07, 6.45) is 5.84. The Kier molecular flexibility index (Phi) is 6.24. The van der Waals surface area contributed by atoms with Crippen LogP contribution >= 0.6 is 0 Å². The molecule has 1 aliphatic carbocycles. The average Bonchev–Trinajstić information content (AvgIpc) is 3.64. The minimum absolute atomic E-state index is 0.0177. The highest BCUT2D eigenvalue weighted by atomic mass is 16.3. The number of rotatable bonds is 6. The number of aliphatic hydroxyl groups excluding tert-OH is 1. The fourth-order valence-corrected chi connectivity index (χ4v) is 4.57. The lowest BCUT2D eigenvalue weighted by Crippen LogP contribution is -2.54. The van der Waals surface area contributed by atoms with E-state index in [9.17, 15) is 10.1 Å². The minimum atomic E-state index is -0.139. The molecule has 0 radical (unpaired) electrons. The second-order valence-electron chi connectivity index (χ2n) is 8.61. The van der Waals surface area contributed by atoms with Gasteiger partial charge in [0.25, 0.3) is 0 Å². The highest BCUT2D eigenvalue weighted by Gasteiger charge is 2.34. The van der Waals surface area contributed by atoms with Gasteiger partial charge >= 0.3 is 0 Å². The SMILES string of the molecule is C=Cc1cc(-c2c(C3CC3)nc(N3CCN(C(=O)CCO)[C@H](C)C3)c(C#N)c2C)ccn1. The number of pyridine rings is 2. The van der Waals surface area contributed by atoms with E-state index in [4.69, 9.17) is 10.1 Å². The van der Waals surface area contributed by atoms with Crippen LogP contribution < -0.4 is 4.90 Å². The molecule has 1 saturated carbocycles. The number of nitriles is 1. The first-order valence-electron chi connectivity index (χ1n) is 11.2. The van der Waals surface area contributed by atoms with Crippen LogP contribution in [0.2, 0.25) is 0 Å². The third-order valence-electron chi connectivity index (χ3n) is 6.38. The van der Waals surface area contributed by atoms with Gasteiger partial charge in [-0.05, 0) is 56.0 Å². The van der Waals surface area contributed by atoms with E-state index in [-0.39, 0.29) is 25.0 Å². The molecule has 3 heterocycles. The van der Waals surface area contributed by atoms with E-state index in [1.54, 1.807) is 12.3 Å². The Balaban J connectivity index is 1.74. The quantitative estimate of drug-likeness (QED) is 0.755. The van der Waals surface area contributed by atoms with Crippen molar-refractivity contribution in [2.45, 2.75) is 45.1 Å². The van der Waals surface area contributed by atoms with Crippen molar-refractivity contribution < 1.29 is 9.90 Å². The second kappa shape index (κ2) is 9.09. The summed E-state index contributed by atoms with van der Waals surface area (Å²) in [5.41, 5.74) is 5.41. The number of carbonyl (C=O) groups is 1. The molecule has 2 aliphatic rings. The van der Waals surface area contributed by atoms with E-state index in [1.165, 1.54) is 0 Å². The number of piperazine rings is 1. The highest BCUT2D eigenvalue weighted by Crippen LogP contribution is 2.46. The average molecular weight is 432 g/mol. The summed E-state index contributed by atoms with van der Waals surface area (Å²) in [4.78, 5) is 25.6. The van der Waals surface area contributed by atoms with Crippen molar-refractivity contribution in [3.8, 4) is 17.2 Å². The molecule has 1 atom stereocenters. The van der Waals surface area contributed by atoms with Crippen molar-refractivity contribution in [2.24, 2.45) is 0 Å². The van der Waals surface area contributed by atoms with Gasteiger partial charge in [-0.1, -0.05) is 6.58 Å². The molecule has 32 heavy (non-hydrogen) atoms. The number of aromatic nitrogens is 2. The maximum absolute atomic E-state index is 12.3. The highest BCUT2D eigenvalue weighted by molar-refractivity contribution is 5.79. The van der Waals surface area contributed by atoms with Gasteiger partial charge in [0.1, 0.15) is 11.9 Å². The Hall–Kier alpha value is -3.24. The topological polar surface area (TPSA) is 93.4 Å². The fourth-order valence-electron chi connectivity index (χ4n) is 4.57. The van der Waals surface area contributed by atoms with Crippen molar-refractivity contribution >= 4 is 17.8 Å². The molecule has 2 aromatic heterocycles. The minimum Gasteiger partial charge on any atom is -0.396 e. The molecule has 1 saturated heterocycles. The van der Waals surface area contributed by atoms with Crippen molar-refractivity contribution in [1.29, 1.82) is 5.26 Å². The predicted molar refractivity (Wildman–Crippen MR) is 124 cm³/mol. The maximum Gasteiger partial charge on any atom is 0.225 e. The third kappa shape index (κ3) is 4.11. The van der Waals surface area contributed by atoms with E-state index >= 15 is 0 Å². The Morgan fingerprint density at radius 2 is 2.19 bits per heavy atom. The molecule has 2 aromatic rings. The molecule has 1 amide bonds. The van der Waals surface area contributed by atoms with Crippen molar-refractivity contribution in [2.75, 3.05) is 31.1 Å². The van der Waals surface area contributed by atoms with Crippen LogP contribution in [0.4, 0.5) is 5.82 Å². The monoisotopic (exact) mass is 431 g/mol. The first-order chi connectivity index (χ1) is 15.5. The summed E-state index contributed by atoms with van der Waals surface area (Å²) >= 11 is 0. The zero-order valence-electron chi connectivity index (χ0n) is 18.7. The van der Waals surface area contributed by atoms with Gasteiger partial charge < -0.3 is 14.9 Å². The first-order valence-corrected chi connectivity index (χ1v) is 11.2. The van der Waals surface area contributed by atoms with Gasteiger partial charge in [-0.2, -0.15) is 5.26 Å². The van der Waals surface area contributed by atoms with Crippen molar-refractivity contribution in [3.63, 3.8) is 0 Å². The summed E-state index contributed by atoms with van der Waals surface area (Å²) in [7, 11) is 0. The maximum atomic E-state index is 12.3. The number of nitrogens with zero attached hydrogens (tertiary/aromatic N) is 5. The van der Waals surface area contributed by atoms with Crippen LogP contribution in [-0.4, -0.2) is 58.2 Å². The van der Waals surface area contributed by atoms with Gasteiger partial charge in [0.15, 0.2) is 0 Å². The largest absolute Gasteiger partial charge is 0.396 e. The van der Waals surface area contributed by atoms with Gasteiger partial charge in [-0.15, -0.1) is 0 Å². The van der Waals surface area contributed by atoms with Gasteiger partial charge in [0, 0.05) is 49.8 Å². The number of anilines is 1. The van der Waals surface area contributed by atoms with Gasteiger partial charge in [-0.25, -0.2) is 4.98 Å². The smallest absolute Gasteiger partial charge is 0.225 e. The number of carbonyl (C=O) groups excluding carboxylic acids is 1. The molecular weight excluding hydrogens is 402 g/mol. The molecule has 0 bridgehead atoms. The standard InChI is InChI=1S/C25H29N5O2/c1-4-20-13-19(7-9-27-20)23-17(3)21(14-26)25(28-24(23)18-5-6-18)29-10-11-30(16(2)15-29)22(32)8-12-31/h4,7,9,13,16,18,31H,1,5-6,8,10-12,15H2,2-3H3/t16-/m1/s1. The van der Waals surface area contributed by atoms with Gasteiger partial charge in [0.05, 0.1) is 23.6 Å². The fraction of sp³-hybridized carbons (Fsp3) is 0.440. The molecule has 0 unspecified atom stereocenters. The van der Waals surface area contributed by atoms with E-state index in [0.29, 0.717) is 31.1 Å². The zero-order valence-corrected chi connectivity index (χ0v) is 18.7. The lowest BCUT2D eigenvalue weighted by atomic mass is 9.93. The molecule has 1 N–H and O–H groups in total. The Labute approximate surface area is 189 Å². The second-order valence-corrected chi connectivity index (χ2v) is 8.61. The summed E-state index contributed by atoms with van der Waals surface area (Å²) < 4.78 is 0. The van der Waals surface area contributed by atoms with E-state index in [0.717, 1.165) is 46.7 Å². The molecule has 166 valence electrons. The number of hydrogen-bond donors (Lipinski definition) is 1. The summed E-state index contributed by atoms with van der Waals surface area (Å²) in [5.74, 6) is 1.09. The number of amides is 1. The molecular formula is C25H29N5O2. The normalized spacial score (nSPS) is 18.4. The van der Waals surface area contributed by atoms with E-state index in [1.807, 2.05) is 30.9 Å². The molecule has 2 fully saturated rings. The van der Waals surface area contributed by atoms with Crippen molar-refractivity contribution in [1.82, 2.24) is 14.9 Å². The molecule has 4 rings (SSSR count). The predicted octanol–water partition coefficient (Wildman–Crippen LogP) is 3.26. The van der Waals surface area contributed by atoms with Crippen LogP contribution in [0.15, 0.2) is 24.9 Å². The molecule has 1 aliphatic heterocycles. The van der Waals surface area contributed by atoms with Crippen LogP contribution in [0.1, 0.15) is 54.6 Å². The van der Waals surface area contributed by atoms with Crippen LogP contribution in [0.3, 0.4) is 0 Å². The molecule has 0 spiro atoms. The molecule has 7 heteroatoms. The summed E-state index contributed by atoms with van der Waals surface area (Å²) in [5, 5.41) is 19.2. The van der Waals surface area contributed by atoms with Gasteiger partial charge in [0.2, 0.25) is 5.91 Å². The van der Waals surface area contributed by atoms with Crippen molar-refractivity contribution in [3.05, 3.63) is 47.4 Å². The Morgan fingerprint density at radius 3 is 2.81 bits per heavy atom. The van der Waals surface area contributed by atoms with Crippen LogP contribution in [0, 0.1) is 18.3 Å². The van der Waals surface area contributed by atoms with Crippen LogP contribution in [-0.2, 0) is 4.79 Å². The Morgan fingerprint density at radius 1 is 1.41 bits per heavy atom. The molecule has 7 nitrogen and oxygen atoms in total. The molecule has 0 aromatic carbocycles. The first kappa shape index (κ1) is 22.0.